The number of nitrogens with one attached hydrogen (secondary N) is 2. The maximum atomic E-state index is 12.0. The van der Waals surface area contributed by atoms with Crippen LogP contribution in [0.5, 0.6) is 0 Å². The average molecular weight is 387 g/mol. The van der Waals surface area contributed by atoms with Crippen LogP contribution in [0.15, 0.2) is 64.5 Å². The number of halogens is 1. The molecule has 0 radical (unpaired) electrons. The van der Waals surface area contributed by atoms with E-state index in [1.807, 2.05) is 30.3 Å². The second-order valence-corrected chi connectivity index (χ2v) is 6.77. The molecule has 1 aromatic heterocycles. The van der Waals surface area contributed by atoms with Crippen molar-refractivity contribution in [2.24, 2.45) is 0 Å². The Kier molecular flexibility index (Phi) is 6.04. The fourth-order valence-electron chi connectivity index (χ4n) is 2.20. The van der Waals surface area contributed by atoms with Gasteiger partial charge in [-0.05, 0) is 29.8 Å². The fourth-order valence-corrected chi connectivity index (χ4v) is 2.98. The molecule has 0 bridgehead atoms. The Morgan fingerprint density at radius 1 is 1.08 bits per heavy atom. The first-order valence-corrected chi connectivity index (χ1v) is 9.14. The van der Waals surface area contributed by atoms with E-state index in [1.54, 1.807) is 24.3 Å². The van der Waals surface area contributed by atoms with Crippen LogP contribution in [0.25, 0.3) is 0 Å². The molecule has 0 aliphatic heterocycles. The quantitative estimate of drug-likeness (QED) is 0.635. The number of benzene rings is 2. The molecule has 26 heavy (non-hydrogen) atoms. The third-order valence-corrected chi connectivity index (χ3v) is 4.45. The van der Waals surface area contributed by atoms with Gasteiger partial charge in [0.2, 0.25) is 5.91 Å². The number of thioether (sulfide) groups is 1. The standard InChI is InChI=1S/C18H15ClN4O2S/c19-13-8-6-12(7-9-13)10-15-21-17(25)23-18(22-15)26-11-16(24)20-14-4-2-1-3-5-14/h1-9H,10-11H2,(H,20,24)(H,21,22,23,25). The average Bonchev–Trinajstić information content (AvgIpc) is 2.62. The third kappa shape index (κ3) is 5.44. The van der Waals surface area contributed by atoms with Gasteiger partial charge in [0.05, 0.1) is 5.75 Å². The summed E-state index contributed by atoms with van der Waals surface area (Å²) >= 11 is 6.98. The van der Waals surface area contributed by atoms with E-state index in [-0.39, 0.29) is 16.8 Å². The number of aromatic amines is 1. The van der Waals surface area contributed by atoms with E-state index >= 15 is 0 Å². The summed E-state index contributed by atoms with van der Waals surface area (Å²) < 4.78 is 0. The van der Waals surface area contributed by atoms with Crippen LogP contribution < -0.4 is 11.0 Å². The van der Waals surface area contributed by atoms with Gasteiger partial charge in [-0.15, -0.1) is 0 Å². The van der Waals surface area contributed by atoms with E-state index in [9.17, 15) is 9.59 Å². The van der Waals surface area contributed by atoms with Crippen molar-refractivity contribution in [1.82, 2.24) is 15.0 Å². The van der Waals surface area contributed by atoms with Gasteiger partial charge in [-0.25, -0.2) is 9.78 Å². The van der Waals surface area contributed by atoms with Crippen molar-refractivity contribution >= 4 is 35.0 Å². The number of aromatic nitrogens is 3. The van der Waals surface area contributed by atoms with Crippen LogP contribution in [0.3, 0.4) is 0 Å². The van der Waals surface area contributed by atoms with Crippen molar-refractivity contribution in [3.8, 4) is 0 Å². The number of nitrogens with zero attached hydrogens (tertiary/aromatic N) is 2. The second-order valence-electron chi connectivity index (χ2n) is 5.39. The van der Waals surface area contributed by atoms with Crippen molar-refractivity contribution in [2.75, 3.05) is 11.1 Å². The normalized spacial score (nSPS) is 10.5. The highest BCUT2D eigenvalue weighted by atomic mass is 35.5. The molecular weight excluding hydrogens is 372 g/mol. The van der Waals surface area contributed by atoms with E-state index in [4.69, 9.17) is 11.6 Å². The number of para-hydroxylation sites is 1. The minimum absolute atomic E-state index is 0.110. The lowest BCUT2D eigenvalue weighted by molar-refractivity contribution is -0.113. The Morgan fingerprint density at radius 2 is 1.81 bits per heavy atom. The van der Waals surface area contributed by atoms with Crippen LogP contribution >= 0.6 is 23.4 Å². The monoisotopic (exact) mass is 386 g/mol. The summed E-state index contributed by atoms with van der Waals surface area (Å²) in [6, 6.07) is 16.4. The van der Waals surface area contributed by atoms with Crippen LogP contribution in [0.4, 0.5) is 5.69 Å². The smallest absolute Gasteiger partial charge is 0.325 e. The van der Waals surface area contributed by atoms with E-state index < -0.39 is 5.69 Å². The molecule has 2 aromatic carbocycles. The maximum Gasteiger partial charge on any atom is 0.348 e. The lowest BCUT2D eigenvalue weighted by atomic mass is 10.1. The van der Waals surface area contributed by atoms with Gasteiger partial charge in [-0.1, -0.05) is 53.7 Å². The zero-order valence-electron chi connectivity index (χ0n) is 13.6. The van der Waals surface area contributed by atoms with Crippen molar-refractivity contribution < 1.29 is 4.79 Å². The van der Waals surface area contributed by atoms with Gasteiger partial charge in [-0.3, -0.25) is 9.78 Å². The molecule has 0 aliphatic carbocycles. The summed E-state index contributed by atoms with van der Waals surface area (Å²) in [7, 11) is 0. The lowest BCUT2D eigenvalue weighted by Crippen LogP contribution is -2.18. The molecule has 6 nitrogen and oxygen atoms in total. The highest BCUT2D eigenvalue weighted by molar-refractivity contribution is 7.99. The van der Waals surface area contributed by atoms with Gasteiger partial charge >= 0.3 is 5.69 Å². The lowest BCUT2D eigenvalue weighted by Gasteiger charge is -2.05. The van der Waals surface area contributed by atoms with Crippen LogP contribution in [-0.2, 0) is 11.2 Å². The third-order valence-electron chi connectivity index (χ3n) is 3.35. The Balaban J connectivity index is 1.63. The Labute approximate surface area is 159 Å². The molecular formula is C18H15ClN4O2S. The number of H-pyrrole nitrogens is 1. The van der Waals surface area contributed by atoms with Crippen molar-refractivity contribution in [1.29, 1.82) is 0 Å². The summed E-state index contributed by atoms with van der Waals surface area (Å²) in [5.41, 5.74) is 1.19. The summed E-state index contributed by atoms with van der Waals surface area (Å²) in [6.45, 7) is 0. The van der Waals surface area contributed by atoms with Gasteiger partial charge in [0, 0.05) is 17.1 Å². The number of amides is 1. The van der Waals surface area contributed by atoms with Gasteiger partial charge < -0.3 is 5.32 Å². The summed E-state index contributed by atoms with van der Waals surface area (Å²) in [5, 5.41) is 3.68. The Morgan fingerprint density at radius 3 is 2.54 bits per heavy atom. The summed E-state index contributed by atoms with van der Waals surface area (Å²) in [4.78, 5) is 34.5. The minimum Gasteiger partial charge on any atom is -0.325 e. The molecule has 0 unspecified atom stereocenters. The number of hydrogen-bond acceptors (Lipinski definition) is 5. The largest absolute Gasteiger partial charge is 0.348 e. The number of hydrogen-bond donors (Lipinski definition) is 2. The van der Waals surface area contributed by atoms with Crippen LogP contribution in [0, 0.1) is 0 Å². The van der Waals surface area contributed by atoms with Gasteiger partial charge in [0.1, 0.15) is 5.82 Å². The molecule has 2 N–H and O–H groups in total. The molecule has 0 saturated heterocycles. The highest BCUT2D eigenvalue weighted by Crippen LogP contribution is 2.15. The molecule has 132 valence electrons. The molecule has 0 aliphatic rings. The maximum absolute atomic E-state index is 12.0. The number of rotatable bonds is 6. The van der Waals surface area contributed by atoms with Gasteiger partial charge in [0.15, 0.2) is 5.16 Å². The number of anilines is 1. The van der Waals surface area contributed by atoms with Crippen LogP contribution in [-0.4, -0.2) is 26.6 Å². The summed E-state index contributed by atoms with van der Waals surface area (Å²) in [5.74, 6) is 0.404. The fraction of sp³-hybridized carbons (Fsp3) is 0.111. The molecule has 8 heteroatoms. The molecule has 1 heterocycles. The Hall–Kier alpha value is -2.64. The van der Waals surface area contributed by atoms with Crippen LogP contribution in [0.1, 0.15) is 11.4 Å². The van der Waals surface area contributed by atoms with Crippen molar-refractivity contribution in [3.63, 3.8) is 0 Å². The summed E-state index contributed by atoms with van der Waals surface area (Å²) in [6.07, 6.45) is 0.443. The topological polar surface area (TPSA) is 87.7 Å². The second kappa shape index (κ2) is 8.64. The molecule has 3 rings (SSSR count). The number of carbonyl (C=O) groups is 1. The van der Waals surface area contributed by atoms with E-state index in [1.165, 1.54) is 0 Å². The highest BCUT2D eigenvalue weighted by Gasteiger charge is 2.08. The van der Waals surface area contributed by atoms with Gasteiger partial charge in [0.25, 0.3) is 0 Å². The predicted molar refractivity (Wildman–Crippen MR) is 103 cm³/mol. The SMILES string of the molecule is O=C(CSc1nc(Cc2ccc(Cl)cc2)[nH]c(=O)n1)Nc1ccccc1. The minimum atomic E-state index is -0.491. The van der Waals surface area contributed by atoms with Crippen molar-refractivity contribution in [2.45, 2.75) is 11.6 Å². The zero-order valence-corrected chi connectivity index (χ0v) is 15.2. The first kappa shape index (κ1) is 18.2. The molecule has 3 aromatic rings. The molecule has 0 fully saturated rings. The number of carbonyl (C=O) groups excluding carboxylic acids is 1. The first-order valence-electron chi connectivity index (χ1n) is 7.78. The Bertz CT molecular complexity index is 945. The van der Waals surface area contributed by atoms with E-state index in [0.717, 1.165) is 17.3 Å². The van der Waals surface area contributed by atoms with E-state index in [0.29, 0.717) is 23.0 Å². The van der Waals surface area contributed by atoms with E-state index in [2.05, 4.69) is 20.3 Å². The molecule has 0 saturated carbocycles. The zero-order chi connectivity index (χ0) is 18.4. The van der Waals surface area contributed by atoms with Gasteiger partial charge in [-0.2, -0.15) is 4.98 Å². The predicted octanol–water partition coefficient (Wildman–Crippen LogP) is 3.14. The molecule has 1 amide bonds. The molecule has 0 atom stereocenters. The first-order chi connectivity index (χ1) is 12.6. The van der Waals surface area contributed by atoms with Crippen LogP contribution in [0.2, 0.25) is 5.02 Å². The van der Waals surface area contributed by atoms with Crippen molar-refractivity contribution in [3.05, 3.63) is 81.5 Å². The molecule has 0 spiro atoms.